The van der Waals surface area contributed by atoms with Gasteiger partial charge in [-0.15, -0.1) is 0 Å². The first-order chi connectivity index (χ1) is 8.09. The van der Waals surface area contributed by atoms with Crippen molar-refractivity contribution in [3.05, 3.63) is 30.1 Å². The molecule has 0 aliphatic carbocycles. The summed E-state index contributed by atoms with van der Waals surface area (Å²) in [7, 11) is 3.87. The maximum absolute atomic E-state index is 12.0. The highest BCUT2D eigenvalue weighted by Gasteiger charge is 2.34. The highest BCUT2D eigenvalue weighted by molar-refractivity contribution is 5.82. The second-order valence-corrected chi connectivity index (χ2v) is 4.86. The fourth-order valence-corrected chi connectivity index (χ4v) is 1.99. The molecule has 4 heteroatoms. The number of nitrogens with zero attached hydrogens (tertiary/aromatic N) is 3. The van der Waals surface area contributed by atoms with Crippen LogP contribution in [0, 0.1) is 0 Å². The number of rotatable bonds is 3. The predicted molar refractivity (Wildman–Crippen MR) is 66.7 cm³/mol. The van der Waals surface area contributed by atoms with E-state index in [1.165, 1.54) is 5.56 Å². The molecule has 4 nitrogen and oxygen atoms in total. The summed E-state index contributed by atoms with van der Waals surface area (Å²) in [6, 6.07) is 4.03. The summed E-state index contributed by atoms with van der Waals surface area (Å²) < 4.78 is 0. The molecule has 1 amide bonds. The third-order valence-corrected chi connectivity index (χ3v) is 3.50. The van der Waals surface area contributed by atoms with Crippen molar-refractivity contribution in [2.24, 2.45) is 0 Å². The van der Waals surface area contributed by atoms with E-state index in [1.807, 2.05) is 55.3 Å². The molecule has 2 heterocycles. The number of likely N-dealkylation sites (N-methyl/N-ethyl adjacent to an activating group) is 1. The Hall–Kier alpha value is -1.42. The Morgan fingerprint density at radius 2 is 2.00 bits per heavy atom. The lowest BCUT2D eigenvalue weighted by Gasteiger charge is -2.41. The molecule has 1 aromatic heterocycles. The van der Waals surface area contributed by atoms with Gasteiger partial charge in [0.05, 0.1) is 6.04 Å². The third kappa shape index (κ3) is 2.47. The standard InChI is InChI=1S/C13H19N3O/c1-10(15(2)3)13(17)16-8-12(9-16)11-4-6-14-7-5-11/h4-7,10,12H,8-9H2,1-3H3. The van der Waals surface area contributed by atoms with Crippen LogP contribution in [0.1, 0.15) is 18.4 Å². The SMILES string of the molecule is CC(C(=O)N1CC(c2ccncc2)C1)N(C)C. The van der Waals surface area contributed by atoms with E-state index in [9.17, 15) is 4.79 Å². The van der Waals surface area contributed by atoms with Gasteiger partial charge in [0.15, 0.2) is 0 Å². The molecular formula is C13H19N3O. The van der Waals surface area contributed by atoms with Crippen LogP contribution < -0.4 is 0 Å². The van der Waals surface area contributed by atoms with Crippen molar-refractivity contribution < 1.29 is 4.79 Å². The Balaban J connectivity index is 1.89. The van der Waals surface area contributed by atoms with Crippen LogP contribution in [-0.2, 0) is 4.79 Å². The minimum Gasteiger partial charge on any atom is -0.340 e. The van der Waals surface area contributed by atoms with Crippen molar-refractivity contribution >= 4 is 5.91 Å². The molecule has 1 aliphatic heterocycles. The zero-order valence-electron chi connectivity index (χ0n) is 10.6. The molecule has 0 spiro atoms. The minimum absolute atomic E-state index is 0.0339. The van der Waals surface area contributed by atoms with E-state index < -0.39 is 0 Å². The van der Waals surface area contributed by atoms with E-state index in [0.29, 0.717) is 5.92 Å². The molecule has 1 aromatic rings. The van der Waals surface area contributed by atoms with Crippen molar-refractivity contribution in [2.45, 2.75) is 18.9 Å². The molecule has 1 unspecified atom stereocenters. The topological polar surface area (TPSA) is 36.4 Å². The Morgan fingerprint density at radius 1 is 1.41 bits per heavy atom. The summed E-state index contributed by atoms with van der Waals surface area (Å²) >= 11 is 0. The molecule has 1 aliphatic rings. The highest BCUT2D eigenvalue weighted by atomic mass is 16.2. The van der Waals surface area contributed by atoms with Gasteiger partial charge < -0.3 is 4.90 Å². The fourth-order valence-electron chi connectivity index (χ4n) is 1.99. The molecule has 1 saturated heterocycles. The Bertz CT molecular complexity index is 385. The van der Waals surface area contributed by atoms with Crippen molar-refractivity contribution in [3.63, 3.8) is 0 Å². The van der Waals surface area contributed by atoms with Gasteiger partial charge in [-0.05, 0) is 38.7 Å². The molecule has 0 bridgehead atoms. The average Bonchev–Trinajstić information content (AvgIpc) is 2.27. The number of pyridine rings is 1. The van der Waals surface area contributed by atoms with Crippen LogP contribution in [-0.4, -0.2) is 53.9 Å². The van der Waals surface area contributed by atoms with Gasteiger partial charge in [0.2, 0.25) is 5.91 Å². The minimum atomic E-state index is -0.0339. The number of amides is 1. The van der Waals surface area contributed by atoms with Gasteiger partial charge in [0, 0.05) is 31.4 Å². The molecule has 0 radical (unpaired) electrons. The van der Waals surface area contributed by atoms with E-state index in [2.05, 4.69) is 4.98 Å². The van der Waals surface area contributed by atoms with Crippen LogP contribution >= 0.6 is 0 Å². The average molecular weight is 233 g/mol. The van der Waals surface area contributed by atoms with Gasteiger partial charge in [-0.3, -0.25) is 14.7 Å². The maximum atomic E-state index is 12.0. The van der Waals surface area contributed by atoms with E-state index in [4.69, 9.17) is 0 Å². The van der Waals surface area contributed by atoms with Crippen LogP contribution in [0.3, 0.4) is 0 Å². The lowest BCUT2D eigenvalue weighted by atomic mass is 9.91. The summed E-state index contributed by atoms with van der Waals surface area (Å²) in [6.45, 7) is 3.62. The molecule has 0 N–H and O–H groups in total. The van der Waals surface area contributed by atoms with Crippen LogP contribution in [0.2, 0.25) is 0 Å². The zero-order valence-corrected chi connectivity index (χ0v) is 10.6. The molecule has 92 valence electrons. The van der Waals surface area contributed by atoms with Crippen molar-refractivity contribution in [3.8, 4) is 0 Å². The number of aromatic nitrogens is 1. The first-order valence-electron chi connectivity index (χ1n) is 5.94. The summed E-state index contributed by atoms with van der Waals surface area (Å²) in [5, 5.41) is 0. The lowest BCUT2D eigenvalue weighted by molar-refractivity contribution is -0.140. The summed E-state index contributed by atoms with van der Waals surface area (Å²) in [5.41, 5.74) is 1.28. The van der Waals surface area contributed by atoms with Gasteiger partial charge in [-0.25, -0.2) is 0 Å². The monoisotopic (exact) mass is 233 g/mol. The first kappa shape index (κ1) is 12.0. The molecule has 0 aromatic carbocycles. The first-order valence-corrected chi connectivity index (χ1v) is 5.94. The van der Waals surface area contributed by atoms with Gasteiger partial charge >= 0.3 is 0 Å². The molecule has 1 fully saturated rings. The van der Waals surface area contributed by atoms with E-state index in [-0.39, 0.29) is 11.9 Å². The number of carbonyl (C=O) groups is 1. The largest absolute Gasteiger partial charge is 0.340 e. The molecular weight excluding hydrogens is 214 g/mol. The van der Waals surface area contributed by atoms with Gasteiger partial charge in [0.1, 0.15) is 0 Å². The predicted octanol–water partition coefficient (Wildman–Crippen LogP) is 0.958. The number of hydrogen-bond donors (Lipinski definition) is 0. The normalized spacial score (nSPS) is 18.0. The number of carbonyl (C=O) groups excluding carboxylic acids is 1. The second kappa shape index (κ2) is 4.84. The smallest absolute Gasteiger partial charge is 0.239 e. The molecule has 1 atom stereocenters. The van der Waals surface area contributed by atoms with E-state index >= 15 is 0 Å². The van der Waals surface area contributed by atoms with Crippen LogP contribution in [0.25, 0.3) is 0 Å². The second-order valence-electron chi connectivity index (χ2n) is 4.86. The van der Waals surface area contributed by atoms with E-state index in [0.717, 1.165) is 13.1 Å². The maximum Gasteiger partial charge on any atom is 0.239 e. The zero-order chi connectivity index (χ0) is 12.4. The quantitative estimate of drug-likeness (QED) is 0.780. The highest BCUT2D eigenvalue weighted by Crippen LogP contribution is 2.27. The fraction of sp³-hybridized carbons (Fsp3) is 0.538. The van der Waals surface area contributed by atoms with Crippen LogP contribution in [0.4, 0.5) is 0 Å². The third-order valence-electron chi connectivity index (χ3n) is 3.50. The van der Waals surface area contributed by atoms with Gasteiger partial charge in [-0.1, -0.05) is 0 Å². The van der Waals surface area contributed by atoms with Crippen molar-refractivity contribution in [1.82, 2.24) is 14.8 Å². The van der Waals surface area contributed by atoms with E-state index in [1.54, 1.807) is 0 Å². The summed E-state index contributed by atoms with van der Waals surface area (Å²) in [6.07, 6.45) is 3.62. The Kier molecular flexibility index (Phi) is 3.43. The van der Waals surface area contributed by atoms with Gasteiger partial charge in [-0.2, -0.15) is 0 Å². The molecule has 2 rings (SSSR count). The van der Waals surface area contributed by atoms with Crippen molar-refractivity contribution in [2.75, 3.05) is 27.2 Å². The lowest BCUT2D eigenvalue weighted by Crippen LogP contribution is -2.54. The molecule has 17 heavy (non-hydrogen) atoms. The van der Waals surface area contributed by atoms with Crippen molar-refractivity contribution in [1.29, 1.82) is 0 Å². The van der Waals surface area contributed by atoms with Crippen LogP contribution in [0.5, 0.6) is 0 Å². The van der Waals surface area contributed by atoms with Gasteiger partial charge in [0.25, 0.3) is 0 Å². The molecule has 0 saturated carbocycles. The summed E-state index contributed by atoms with van der Waals surface area (Å²) in [4.78, 5) is 19.9. The van der Waals surface area contributed by atoms with Crippen LogP contribution in [0.15, 0.2) is 24.5 Å². The summed E-state index contributed by atoms with van der Waals surface area (Å²) in [5.74, 6) is 0.705. The number of likely N-dealkylation sites (tertiary alicyclic amines) is 1. The Labute approximate surface area is 102 Å². The Morgan fingerprint density at radius 3 is 2.53 bits per heavy atom. The number of hydrogen-bond acceptors (Lipinski definition) is 3.